The number of nitrogens with two attached hydrogens (primary N) is 1. The van der Waals surface area contributed by atoms with Crippen LogP contribution in [0.5, 0.6) is 17.4 Å². The molecule has 4 N–H and O–H groups in total. The third-order valence-corrected chi connectivity index (χ3v) is 5.54. The summed E-state index contributed by atoms with van der Waals surface area (Å²) in [5, 5.41) is 26.8. The number of fused-ring (bicyclic) bond motifs is 1. The first-order valence-corrected chi connectivity index (χ1v) is 9.01. The van der Waals surface area contributed by atoms with Crippen LogP contribution < -0.4 is 15.2 Å². The fourth-order valence-corrected chi connectivity index (χ4v) is 4.14. The van der Waals surface area contributed by atoms with Gasteiger partial charge in [-0.15, -0.1) is 16.4 Å². The standard InChI is InChI=1S/C18H13ClN4O3S/c1-25-11-6-8(2-3-10(11)24)14-9(7-20)17(21)26-18-15(14)16(22-23-18)12-4-5-13(19)27-12/h2-6,14,24H,21H2,1H3,(H,22,23). The maximum atomic E-state index is 9.92. The van der Waals surface area contributed by atoms with Crippen molar-refractivity contribution in [2.45, 2.75) is 5.92 Å². The van der Waals surface area contributed by atoms with E-state index in [4.69, 9.17) is 26.8 Å². The van der Waals surface area contributed by atoms with Gasteiger partial charge in [-0.1, -0.05) is 17.7 Å². The lowest BCUT2D eigenvalue weighted by Crippen LogP contribution is -2.21. The summed E-state index contributed by atoms with van der Waals surface area (Å²) in [6.07, 6.45) is 0. The van der Waals surface area contributed by atoms with Crippen molar-refractivity contribution in [1.82, 2.24) is 10.2 Å². The van der Waals surface area contributed by atoms with Crippen LogP contribution in [0, 0.1) is 11.3 Å². The van der Waals surface area contributed by atoms with E-state index < -0.39 is 5.92 Å². The number of aromatic amines is 1. The predicted molar refractivity (Wildman–Crippen MR) is 101 cm³/mol. The van der Waals surface area contributed by atoms with Crippen LogP contribution in [0.15, 0.2) is 41.8 Å². The van der Waals surface area contributed by atoms with Gasteiger partial charge in [0.1, 0.15) is 11.6 Å². The quantitative estimate of drug-likeness (QED) is 0.616. The molecule has 9 heteroatoms. The molecule has 1 aliphatic heterocycles. The Balaban J connectivity index is 1.95. The highest BCUT2D eigenvalue weighted by Gasteiger charge is 2.36. The molecular weight excluding hydrogens is 388 g/mol. The number of allylic oxidation sites excluding steroid dienone is 1. The highest BCUT2D eigenvalue weighted by Crippen LogP contribution is 2.48. The van der Waals surface area contributed by atoms with Gasteiger partial charge < -0.3 is 20.3 Å². The molecule has 27 heavy (non-hydrogen) atoms. The Bertz CT molecular complexity index is 1110. The van der Waals surface area contributed by atoms with Gasteiger partial charge >= 0.3 is 0 Å². The molecule has 0 spiro atoms. The Kier molecular flexibility index (Phi) is 4.18. The van der Waals surface area contributed by atoms with E-state index in [1.807, 2.05) is 6.07 Å². The Morgan fingerprint density at radius 1 is 1.41 bits per heavy atom. The minimum atomic E-state index is -0.539. The molecule has 0 radical (unpaired) electrons. The normalized spacial score (nSPS) is 15.8. The number of phenolic OH excluding ortho intramolecular Hbond substituents is 1. The van der Waals surface area contributed by atoms with E-state index in [2.05, 4.69) is 16.3 Å². The zero-order chi connectivity index (χ0) is 19.1. The lowest BCUT2D eigenvalue weighted by atomic mass is 9.83. The number of methoxy groups -OCH3 is 1. The van der Waals surface area contributed by atoms with Gasteiger partial charge in [0.15, 0.2) is 11.5 Å². The van der Waals surface area contributed by atoms with E-state index in [9.17, 15) is 10.4 Å². The topological polar surface area (TPSA) is 117 Å². The van der Waals surface area contributed by atoms with E-state index in [0.717, 1.165) is 4.88 Å². The largest absolute Gasteiger partial charge is 0.504 e. The van der Waals surface area contributed by atoms with Crippen LogP contribution >= 0.6 is 22.9 Å². The van der Waals surface area contributed by atoms with Crippen LogP contribution in [0.3, 0.4) is 0 Å². The molecule has 1 aliphatic rings. The molecule has 0 aliphatic carbocycles. The number of rotatable bonds is 3. The van der Waals surface area contributed by atoms with Crippen molar-refractivity contribution in [3.8, 4) is 34.0 Å². The van der Waals surface area contributed by atoms with Gasteiger partial charge in [-0.3, -0.25) is 5.10 Å². The minimum absolute atomic E-state index is 0.00134. The highest BCUT2D eigenvalue weighted by atomic mass is 35.5. The summed E-state index contributed by atoms with van der Waals surface area (Å²) in [5.74, 6) is 0.0392. The first kappa shape index (κ1) is 17.3. The van der Waals surface area contributed by atoms with Gasteiger partial charge in [0.25, 0.3) is 0 Å². The van der Waals surface area contributed by atoms with E-state index in [0.29, 0.717) is 32.8 Å². The fraction of sp³-hybridized carbons (Fsp3) is 0.111. The van der Waals surface area contributed by atoms with Crippen LogP contribution in [0.1, 0.15) is 17.0 Å². The number of ether oxygens (including phenoxy) is 2. The summed E-state index contributed by atoms with van der Waals surface area (Å²) < 4.78 is 11.4. The van der Waals surface area contributed by atoms with Crippen molar-refractivity contribution < 1.29 is 14.6 Å². The molecule has 0 amide bonds. The van der Waals surface area contributed by atoms with E-state index >= 15 is 0 Å². The van der Waals surface area contributed by atoms with Crippen molar-refractivity contribution in [2.24, 2.45) is 5.73 Å². The lowest BCUT2D eigenvalue weighted by molar-refractivity contribution is 0.371. The van der Waals surface area contributed by atoms with Crippen molar-refractivity contribution in [3.63, 3.8) is 0 Å². The number of benzene rings is 1. The Morgan fingerprint density at radius 3 is 2.89 bits per heavy atom. The summed E-state index contributed by atoms with van der Waals surface area (Å²) in [6.45, 7) is 0. The summed E-state index contributed by atoms with van der Waals surface area (Å²) in [6, 6.07) is 10.7. The second-order valence-electron chi connectivity index (χ2n) is 5.78. The summed E-state index contributed by atoms with van der Waals surface area (Å²) in [7, 11) is 1.46. The third-order valence-electron chi connectivity index (χ3n) is 4.30. The average molecular weight is 401 g/mol. The van der Waals surface area contributed by atoms with Crippen molar-refractivity contribution in [2.75, 3.05) is 7.11 Å². The third kappa shape index (κ3) is 2.77. The van der Waals surface area contributed by atoms with E-state index in [-0.39, 0.29) is 17.2 Å². The highest BCUT2D eigenvalue weighted by molar-refractivity contribution is 7.19. The molecule has 1 unspecified atom stereocenters. The summed E-state index contributed by atoms with van der Waals surface area (Å²) in [4.78, 5) is 0.853. The van der Waals surface area contributed by atoms with Crippen molar-refractivity contribution >= 4 is 22.9 Å². The van der Waals surface area contributed by atoms with Crippen LogP contribution in [-0.4, -0.2) is 22.4 Å². The molecule has 2 aromatic heterocycles. The minimum Gasteiger partial charge on any atom is -0.504 e. The number of halogens is 1. The van der Waals surface area contributed by atoms with E-state index in [1.165, 1.54) is 24.5 Å². The van der Waals surface area contributed by atoms with Crippen LogP contribution in [0.2, 0.25) is 4.34 Å². The monoisotopic (exact) mass is 400 g/mol. The second-order valence-corrected chi connectivity index (χ2v) is 7.49. The number of nitrogens with zero attached hydrogens (tertiary/aromatic N) is 2. The van der Waals surface area contributed by atoms with E-state index in [1.54, 1.807) is 18.2 Å². The Labute approximate surface area is 163 Å². The maximum Gasteiger partial charge on any atom is 0.244 e. The summed E-state index contributed by atoms with van der Waals surface area (Å²) >= 11 is 7.46. The number of hydrogen-bond donors (Lipinski definition) is 3. The number of H-pyrrole nitrogens is 1. The molecule has 0 saturated heterocycles. The molecule has 0 bridgehead atoms. The number of nitrogens with one attached hydrogen (secondary N) is 1. The van der Waals surface area contributed by atoms with Gasteiger partial charge in [-0.25, -0.2) is 0 Å². The smallest absolute Gasteiger partial charge is 0.244 e. The van der Waals surface area contributed by atoms with Gasteiger partial charge in [-0.05, 0) is 29.8 Å². The van der Waals surface area contributed by atoms with Gasteiger partial charge in [0.2, 0.25) is 11.8 Å². The number of aromatic hydroxyl groups is 1. The van der Waals surface area contributed by atoms with Crippen molar-refractivity contribution in [1.29, 1.82) is 5.26 Å². The molecule has 7 nitrogen and oxygen atoms in total. The summed E-state index contributed by atoms with van der Waals surface area (Å²) in [5.41, 5.74) is 8.29. The van der Waals surface area contributed by atoms with Crippen LogP contribution in [0.25, 0.3) is 10.6 Å². The van der Waals surface area contributed by atoms with Gasteiger partial charge in [-0.2, -0.15) is 5.26 Å². The predicted octanol–water partition coefficient (Wildman–Crippen LogP) is 3.72. The van der Waals surface area contributed by atoms with Gasteiger partial charge in [0, 0.05) is 0 Å². The molecule has 0 fully saturated rings. The average Bonchev–Trinajstić information content (AvgIpc) is 3.27. The first-order valence-electron chi connectivity index (χ1n) is 7.82. The fourth-order valence-electron chi connectivity index (χ4n) is 3.09. The van der Waals surface area contributed by atoms with Crippen molar-refractivity contribution in [3.05, 3.63) is 57.3 Å². The maximum absolute atomic E-state index is 9.92. The molecule has 3 heterocycles. The Hall–Kier alpha value is -3.15. The molecular formula is C18H13ClN4O3S. The number of hydrogen-bond acceptors (Lipinski definition) is 7. The molecule has 136 valence electrons. The SMILES string of the molecule is COc1cc(C2C(C#N)=C(N)Oc3n[nH]c(-c4ccc(Cl)s4)c32)ccc1O. The number of phenols is 1. The zero-order valence-corrected chi connectivity index (χ0v) is 15.6. The van der Waals surface area contributed by atoms with Gasteiger partial charge in [0.05, 0.1) is 33.5 Å². The number of thiophene rings is 1. The molecule has 3 aromatic rings. The second kappa shape index (κ2) is 6.54. The zero-order valence-electron chi connectivity index (χ0n) is 14.0. The van der Waals surface area contributed by atoms with Crippen LogP contribution in [-0.2, 0) is 0 Å². The number of nitriles is 1. The molecule has 4 rings (SSSR count). The first-order chi connectivity index (χ1) is 13.0. The molecule has 1 atom stereocenters. The lowest BCUT2D eigenvalue weighted by Gasteiger charge is -2.24. The number of aromatic nitrogens is 2. The van der Waals surface area contributed by atoms with Crippen LogP contribution in [0.4, 0.5) is 0 Å². The molecule has 0 saturated carbocycles. The molecule has 1 aromatic carbocycles. The Morgan fingerprint density at radius 2 is 2.22 bits per heavy atom.